The van der Waals surface area contributed by atoms with Crippen LogP contribution in [0.15, 0.2) is 47.2 Å². The summed E-state index contributed by atoms with van der Waals surface area (Å²) in [5.74, 6) is 1.21. The van der Waals surface area contributed by atoms with E-state index in [4.69, 9.17) is 10.2 Å². The van der Waals surface area contributed by atoms with E-state index < -0.39 is 0 Å². The molecule has 0 saturated carbocycles. The molecule has 0 aliphatic heterocycles. The summed E-state index contributed by atoms with van der Waals surface area (Å²) < 4.78 is 6.75. The van der Waals surface area contributed by atoms with Crippen LogP contribution in [0.5, 0.6) is 0 Å². The van der Waals surface area contributed by atoms with Crippen LogP contribution >= 0.6 is 0 Å². The fourth-order valence-electron chi connectivity index (χ4n) is 2.29. The second-order valence-electron chi connectivity index (χ2n) is 4.88. The number of anilines is 1. The Kier molecular flexibility index (Phi) is 3.02. The van der Waals surface area contributed by atoms with E-state index in [9.17, 15) is 5.11 Å². The third-order valence-electron chi connectivity index (χ3n) is 3.37. The number of aromatic nitrogens is 5. The SMILES string of the molecule is Nc1nc(-c2ccnc(CO)c2)cc2nc(-c3ccco3)nn12. The van der Waals surface area contributed by atoms with E-state index in [-0.39, 0.29) is 12.6 Å². The summed E-state index contributed by atoms with van der Waals surface area (Å²) in [5, 5.41) is 13.5. The van der Waals surface area contributed by atoms with Gasteiger partial charge in [-0.15, -0.1) is 5.10 Å². The lowest BCUT2D eigenvalue weighted by molar-refractivity contribution is 0.277. The molecule has 0 fully saturated rings. The van der Waals surface area contributed by atoms with Crippen LogP contribution in [0.1, 0.15) is 5.69 Å². The van der Waals surface area contributed by atoms with Crippen molar-refractivity contribution in [1.29, 1.82) is 0 Å². The van der Waals surface area contributed by atoms with Crippen LogP contribution in [0.3, 0.4) is 0 Å². The smallest absolute Gasteiger partial charge is 0.223 e. The summed E-state index contributed by atoms with van der Waals surface area (Å²) in [7, 11) is 0. The number of hydrogen-bond donors (Lipinski definition) is 2. The minimum absolute atomic E-state index is 0.140. The molecular weight excluding hydrogens is 296 g/mol. The highest BCUT2D eigenvalue weighted by Crippen LogP contribution is 2.23. The van der Waals surface area contributed by atoms with Gasteiger partial charge in [0.15, 0.2) is 11.4 Å². The predicted molar refractivity (Wildman–Crippen MR) is 82.1 cm³/mol. The molecule has 4 rings (SSSR count). The molecular formula is C15H12N6O2. The fourth-order valence-corrected chi connectivity index (χ4v) is 2.29. The van der Waals surface area contributed by atoms with Crippen molar-refractivity contribution in [2.24, 2.45) is 0 Å². The zero-order valence-electron chi connectivity index (χ0n) is 11.9. The number of fused-ring (bicyclic) bond motifs is 1. The van der Waals surface area contributed by atoms with Crippen molar-refractivity contribution in [1.82, 2.24) is 24.6 Å². The largest absolute Gasteiger partial charge is 0.461 e. The second kappa shape index (κ2) is 5.18. The van der Waals surface area contributed by atoms with Gasteiger partial charge in [-0.1, -0.05) is 0 Å². The molecule has 0 aromatic carbocycles. The van der Waals surface area contributed by atoms with Crippen molar-refractivity contribution in [3.8, 4) is 22.8 Å². The molecule has 0 amide bonds. The maximum atomic E-state index is 9.20. The van der Waals surface area contributed by atoms with Gasteiger partial charge in [0.1, 0.15) is 0 Å². The van der Waals surface area contributed by atoms with Crippen molar-refractivity contribution in [3.63, 3.8) is 0 Å². The van der Waals surface area contributed by atoms with Gasteiger partial charge in [-0.2, -0.15) is 4.52 Å². The number of pyridine rings is 1. The summed E-state index contributed by atoms with van der Waals surface area (Å²) in [5.41, 5.74) is 8.52. The number of furan rings is 1. The predicted octanol–water partition coefficient (Wildman–Crippen LogP) is 1.52. The standard InChI is InChI=1S/C15H12N6O2/c16-15-18-11(9-3-4-17-10(6-9)8-22)7-13-19-14(20-21(13)15)12-2-1-5-23-12/h1-7,22H,8H2,(H2,16,18). The van der Waals surface area contributed by atoms with Gasteiger partial charge in [-0.25, -0.2) is 9.97 Å². The van der Waals surface area contributed by atoms with Crippen molar-refractivity contribution in [3.05, 3.63) is 48.5 Å². The monoisotopic (exact) mass is 308 g/mol. The Hall–Kier alpha value is -3.26. The van der Waals surface area contributed by atoms with Gasteiger partial charge in [-0.3, -0.25) is 4.98 Å². The quantitative estimate of drug-likeness (QED) is 0.589. The van der Waals surface area contributed by atoms with Crippen LogP contribution in [0, 0.1) is 0 Å². The van der Waals surface area contributed by atoms with E-state index in [1.165, 1.54) is 4.52 Å². The van der Waals surface area contributed by atoms with Crippen molar-refractivity contribution >= 4 is 11.6 Å². The molecule has 0 radical (unpaired) electrons. The second-order valence-corrected chi connectivity index (χ2v) is 4.88. The molecule has 0 saturated heterocycles. The lowest BCUT2D eigenvalue weighted by Gasteiger charge is -2.04. The normalized spacial score (nSPS) is 11.2. The molecule has 0 unspecified atom stereocenters. The van der Waals surface area contributed by atoms with Crippen molar-refractivity contribution in [2.45, 2.75) is 6.61 Å². The van der Waals surface area contributed by atoms with E-state index >= 15 is 0 Å². The van der Waals surface area contributed by atoms with Gasteiger partial charge in [0.05, 0.1) is 24.3 Å². The van der Waals surface area contributed by atoms with E-state index in [1.807, 2.05) is 0 Å². The van der Waals surface area contributed by atoms with Crippen LogP contribution in [0.4, 0.5) is 5.95 Å². The van der Waals surface area contributed by atoms with Crippen LogP contribution in [-0.2, 0) is 6.61 Å². The Morgan fingerprint density at radius 1 is 1.22 bits per heavy atom. The minimum Gasteiger partial charge on any atom is -0.461 e. The number of nitrogen functional groups attached to an aromatic ring is 1. The fraction of sp³-hybridized carbons (Fsp3) is 0.0667. The van der Waals surface area contributed by atoms with Crippen LogP contribution in [-0.4, -0.2) is 29.7 Å². The highest BCUT2D eigenvalue weighted by Gasteiger charge is 2.13. The Labute approximate surface area is 130 Å². The maximum absolute atomic E-state index is 9.20. The Balaban J connectivity index is 1.86. The van der Waals surface area contributed by atoms with Gasteiger partial charge in [0.2, 0.25) is 11.8 Å². The van der Waals surface area contributed by atoms with Crippen molar-refractivity contribution in [2.75, 3.05) is 5.73 Å². The van der Waals surface area contributed by atoms with Crippen LogP contribution < -0.4 is 5.73 Å². The molecule has 8 heteroatoms. The highest BCUT2D eigenvalue weighted by atomic mass is 16.3. The Bertz CT molecular complexity index is 977. The Morgan fingerprint density at radius 2 is 2.13 bits per heavy atom. The van der Waals surface area contributed by atoms with Gasteiger partial charge >= 0.3 is 0 Å². The molecule has 4 heterocycles. The molecule has 8 nitrogen and oxygen atoms in total. The van der Waals surface area contributed by atoms with E-state index in [0.717, 1.165) is 5.56 Å². The molecule has 4 aromatic heterocycles. The molecule has 0 atom stereocenters. The average Bonchev–Trinajstić information content (AvgIpc) is 3.24. The highest BCUT2D eigenvalue weighted by molar-refractivity contribution is 5.66. The molecule has 4 aromatic rings. The first-order chi connectivity index (χ1) is 11.2. The van der Waals surface area contributed by atoms with E-state index in [0.29, 0.717) is 28.6 Å². The van der Waals surface area contributed by atoms with Gasteiger partial charge in [0.25, 0.3) is 0 Å². The number of hydrogen-bond acceptors (Lipinski definition) is 7. The molecule has 0 bridgehead atoms. The molecule has 0 aliphatic rings. The lowest BCUT2D eigenvalue weighted by atomic mass is 10.1. The third kappa shape index (κ3) is 2.30. The first-order valence-electron chi connectivity index (χ1n) is 6.88. The molecule has 0 aliphatic carbocycles. The molecule has 23 heavy (non-hydrogen) atoms. The lowest BCUT2D eigenvalue weighted by Crippen LogP contribution is -2.03. The summed E-state index contributed by atoms with van der Waals surface area (Å²) >= 11 is 0. The topological polar surface area (TPSA) is 115 Å². The number of aliphatic hydroxyl groups excluding tert-OH is 1. The molecule has 3 N–H and O–H groups in total. The average molecular weight is 308 g/mol. The van der Waals surface area contributed by atoms with Crippen LogP contribution in [0.2, 0.25) is 0 Å². The Morgan fingerprint density at radius 3 is 2.91 bits per heavy atom. The van der Waals surface area contributed by atoms with E-state index in [1.54, 1.807) is 42.8 Å². The summed E-state index contributed by atoms with van der Waals surface area (Å²) in [6.45, 7) is -0.140. The van der Waals surface area contributed by atoms with Gasteiger partial charge in [-0.05, 0) is 24.3 Å². The van der Waals surface area contributed by atoms with Crippen LogP contribution in [0.25, 0.3) is 28.5 Å². The number of aliphatic hydroxyl groups is 1. The summed E-state index contributed by atoms with van der Waals surface area (Å²) in [6.07, 6.45) is 3.17. The first-order valence-corrected chi connectivity index (χ1v) is 6.88. The van der Waals surface area contributed by atoms with Gasteiger partial charge < -0.3 is 15.3 Å². The van der Waals surface area contributed by atoms with E-state index in [2.05, 4.69) is 20.1 Å². The third-order valence-corrected chi connectivity index (χ3v) is 3.37. The summed E-state index contributed by atoms with van der Waals surface area (Å²) in [4.78, 5) is 12.8. The van der Waals surface area contributed by atoms with Crippen molar-refractivity contribution < 1.29 is 9.52 Å². The zero-order chi connectivity index (χ0) is 15.8. The van der Waals surface area contributed by atoms with Gasteiger partial charge in [0, 0.05) is 17.8 Å². The zero-order valence-corrected chi connectivity index (χ0v) is 11.9. The maximum Gasteiger partial charge on any atom is 0.223 e. The molecule has 0 spiro atoms. The number of nitrogens with two attached hydrogens (primary N) is 1. The number of nitrogens with zero attached hydrogens (tertiary/aromatic N) is 5. The summed E-state index contributed by atoms with van der Waals surface area (Å²) in [6, 6.07) is 8.85. The molecule has 114 valence electrons. The minimum atomic E-state index is -0.140. The number of rotatable bonds is 3. The first kappa shape index (κ1) is 13.4.